The van der Waals surface area contributed by atoms with Crippen LogP contribution in [0.5, 0.6) is 5.75 Å². The van der Waals surface area contributed by atoms with Crippen molar-refractivity contribution in [2.75, 3.05) is 19.7 Å². The van der Waals surface area contributed by atoms with E-state index in [9.17, 15) is 4.39 Å². The largest absolute Gasteiger partial charge is 0.492 e. The molecule has 1 heterocycles. The second-order valence-corrected chi connectivity index (χ2v) is 5.89. The molecule has 0 atom stereocenters. The number of halogens is 2. The maximum atomic E-state index is 13.0. The molecule has 2 rings (SSSR count). The van der Waals surface area contributed by atoms with Gasteiger partial charge in [-0.2, -0.15) is 0 Å². The van der Waals surface area contributed by atoms with Crippen LogP contribution in [0.1, 0.15) is 4.88 Å². The molecule has 0 aliphatic heterocycles. The van der Waals surface area contributed by atoms with Crippen LogP contribution in [0.2, 0.25) is 0 Å². The summed E-state index contributed by atoms with van der Waals surface area (Å²) in [4.78, 5) is 1.39. The van der Waals surface area contributed by atoms with Crippen molar-refractivity contribution in [3.05, 3.63) is 50.9 Å². The average Bonchev–Trinajstić information content (AvgIpc) is 2.91. The quantitative estimate of drug-likeness (QED) is 0.770. The number of ether oxygens (including phenoxy) is 1. The van der Waals surface area contributed by atoms with Crippen molar-refractivity contribution in [3.8, 4) is 5.75 Å². The third-order valence-electron chi connectivity index (χ3n) is 2.57. The molecule has 0 aliphatic carbocycles. The van der Waals surface area contributed by atoms with Crippen molar-refractivity contribution in [2.24, 2.45) is 0 Å². The SMILES string of the molecule is Fc1ccc(OCCNCCc2cccs2)cc1Br. The molecule has 1 aromatic heterocycles. The Hall–Kier alpha value is -0.910. The van der Waals surface area contributed by atoms with Crippen LogP contribution in [0.25, 0.3) is 0 Å². The first-order chi connectivity index (χ1) is 9.25. The van der Waals surface area contributed by atoms with Crippen LogP contribution in [0.4, 0.5) is 4.39 Å². The second-order valence-electron chi connectivity index (χ2n) is 4.00. The molecule has 1 aromatic carbocycles. The second kappa shape index (κ2) is 7.62. The van der Waals surface area contributed by atoms with Crippen LogP contribution in [-0.4, -0.2) is 19.7 Å². The third kappa shape index (κ3) is 4.93. The van der Waals surface area contributed by atoms with Gasteiger partial charge in [0.05, 0.1) is 4.47 Å². The molecule has 19 heavy (non-hydrogen) atoms. The standard InChI is InChI=1S/C14H15BrFNOS/c15-13-10-11(3-4-14(13)16)18-8-7-17-6-5-12-2-1-9-19-12/h1-4,9-10,17H,5-8H2. The fraction of sp³-hybridized carbons (Fsp3) is 0.286. The van der Waals surface area contributed by atoms with Crippen molar-refractivity contribution in [1.29, 1.82) is 0 Å². The number of hydrogen-bond acceptors (Lipinski definition) is 3. The molecule has 0 unspecified atom stereocenters. The molecule has 0 amide bonds. The highest BCUT2D eigenvalue weighted by molar-refractivity contribution is 9.10. The Morgan fingerprint density at radius 1 is 1.26 bits per heavy atom. The molecule has 0 saturated carbocycles. The Morgan fingerprint density at radius 3 is 2.89 bits per heavy atom. The van der Waals surface area contributed by atoms with E-state index >= 15 is 0 Å². The molecule has 2 nitrogen and oxygen atoms in total. The monoisotopic (exact) mass is 343 g/mol. The molecule has 0 saturated heterocycles. The summed E-state index contributed by atoms with van der Waals surface area (Å²) >= 11 is 4.91. The predicted octanol–water partition coefficient (Wildman–Crippen LogP) is 3.86. The summed E-state index contributed by atoms with van der Waals surface area (Å²) in [5.41, 5.74) is 0. The van der Waals surface area contributed by atoms with Crippen LogP contribution in [0, 0.1) is 5.82 Å². The van der Waals surface area contributed by atoms with Gasteiger partial charge in [0.15, 0.2) is 0 Å². The van der Waals surface area contributed by atoms with Crippen molar-refractivity contribution in [3.63, 3.8) is 0 Å². The van der Waals surface area contributed by atoms with E-state index in [1.165, 1.54) is 10.9 Å². The lowest BCUT2D eigenvalue weighted by atomic mass is 10.3. The predicted molar refractivity (Wildman–Crippen MR) is 80.5 cm³/mol. The van der Waals surface area contributed by atoms with Gasteiger partial charge in [0.2, 0.25) is 0 Å². The Kier molecular flexibility index (Phi) is 5.82. The zero-order valence-electron chi connectivity index (χ0n) is 10.4. The number of nitrogens with one attached hydrogen (secondary N) is 1. The molecule has 0 fully saturated rings. The van der Waals surface area contributed by atoms with Gasteiger partial charge >= 0.3 is 0 Å². The summed E-state index contributed by atoms with van der Waals surface area (Å²) in [7, 11) is 0. The van der Waals surface area contributed by atoms with Crippen LogP contribution >= 0.6 is 27.3 Å². The van der Waals surface area contributed by atoms with Gasteiger partial charge in [-0.1, -0.05) is 6.07 Å². The van der Waals surface area contributed by atoms with Gasteiger partial charge in [-0.25, -0.2) is 4.39 Å². The van der Waals surface area contributed by atoms with Gasteiger partial charge in [0.1, 0.15) is 18.2 Å². The maximum Gasteiger partial charge on any atom is 0.137 e. The van der Waals surface area contributed by atoms with E-state index in [1.807, 2.05) is 0 Å². The van der Waals surface area contributed by atoms with Crippen LogP contribution < -0.4 is 10.1 Å². The van der Waals surface area contributed by atoms with E-state index in [0.29, 0.717) is 16.8 Å². The highest BCUT2D eigenvalue weighted by Crippen LogP contribution is 2.21. The highest BCUT2D eigenvalue weighted by atomic mass is 79.9. The normalized spacial score (nSPS) is 10.6. The fourth-order valence-electron chi connectivity index (χ4n) is 1.60. The Balaban J connectivity index is 1.60. The molecule has 0 bridgehead atoms. The van der Waals surface area contributed by atoms with Gasteiger partial charge < -0.3 is 10.1 Å². The summed E-state index contributed by atoms with van der Waals surface area (Å²) in [6.45, 7) is 2.29. The lowest BCUT2D eigenvalue weighted by Crippen LogP contribution is -2.23. The fourth-order valence-corrected chi connectivity index (χ4v) is 2.67. The van der Waals surface area contributed by atoms with Crippen LogP contribution in [0.15, 0.2) is 40.2 Å². The van der Waals surface area contributed by atoms with E-state index in [1.54, 1.807) is 23.5 Å². The van der Waals surface area contributed by atoms with E-state index in [2.05, 4.69) is 38.8 Å². The number of thiophene rings is 1. The third-order valence-corrected chi connectivity index (χ3v) is 4.11. The summed E-state index contributed by atoms with van der Waals surface area (Å²) in [6, 6.07) is 8.87. The topological polar surface area (TPSA) is 21.3 Å². The van der Waals surface area contributed by atoms with Gasteiger partial charge in [0.25, 0.3) is 0 Å². The number of rotatable bonds is 7. The molecule has 102 valence electrons. The first kappa shape index (κ1) is 14.5. The molecular formula is C14H15BrFNOS. The van der Waals surface area contributed by atoms with Crippen LogP contribution in [-0.2, 0) is 6.42 Å². The molecule has 0 spiro atoms. The Bertz CT molecular complexity index is 504. The maximum absolute atomic E-state index is 13.0. The van der Waals surface area contributed by atoms with E-state index < -0.39 is 0 Å². The van der Waals surface area contributed by atoms with Gasteiger partial charge in [-0.15, -0.1) is 11.3 Å². The average molecular weight is 344 g/mol. The first-order valence-electron chi connectivity index (χ1n) is 6.06. The lowest BCUT2D eigenvalue weighted by Gasteiger charge is -2.07. The molecule has 0 radical (unpaired) electrons. The highest BCUT2D eigenvalue weighted by Gasteiger charge is 2.00. The van der Waals surface area contributed by atoms with Crippen molar-refractivity contribution >= 4 is 27.3 Å². The lowest BCUT2D eigenvalue weighted by molar-refractivity contribution is 0.314. The molecular weight excluding hydrogens is 329 g/mol. The number of benzene rings is 1. The summed E-state index contributed by atoms with van der Waals surface area (Å²) < 4.78 is 19.0. The van der Waals surface area contributed by atoms with Gasteiger partial charge in [-0.3, -0.25) is 0 Å². The van der Waals surface area contributed by atoms with Crippen molar-refractivity contribution in [2.45, 2.75) is 6.42 Å². The Morgan fingerprint density at radius 2 is 2.16 bits per heavy atom. The zero-order chi connectivity index (χ0) is 13.5. The van der Waals surface area contributed by atoms with E-state index in [4.69, 9.17) is 4.74 Å². The van der Waals surface area contributed by atoms with Crippen molar-refractivity contribution < 1.29 is 9.13 Å². The zero-order valence-corrected chi connectivity index (χ0v) is 12.8. The minimum absolute atomic E-state index is 0.276. The Labute approximate surface area is 124 Å². The van der Waals surface area contributed by atoms with Gasteiger partial charge in [0, 0.05) is 18.0 Å². The summed E-state index contributed by atoms with van der Waals surface area (Å²) in [5, 5.41) is 5.40. The van der Waals surface area contributed by atoms with E-state index in [-0.39, 0.29) is 5.82 Å². The summed E-state index contributed by atoms with van der Waals surface area (Å²) in [5.74, 6) is 0.398. The van der Waals surface area contributed by atoms with E-state index in [0.717, 1.165) is 19.5 Å². The molecule has 5 heteroatoms. The van der Waals surface area contributed by atoms with Gasteiger partial charge in [-0.05, 0) is 52.0 Å². The summed E-state index contributed by atoms with van der Waals surface area (Å²) in [6.07, 6.45) is 1.04. The minimum Gasteiger partial charge on any atom is -0.492 e. The molecule has 0 aliphatic rings. The minimum atomic E-state index is -0.276. The first-order valence-corrected chi connectivity index (χ1v) is 7.74. The number of hydrogen-bond donors (Lipinski definition) is 1. The molecule has 2 aromatic rings. The molecule has 1 N–H and O–H groups in total. The smallest absolute Gasteiger partial charge is 0.137 e. The van der Waals surface area contributed by atoms with Crippen molar-refractivity contribution in [1.82, 2.24) is 5.32 Å². The van der Waals surface area contributed by atoms with Crippen LogP contribution in [0.3, 0.4) is 0 Å².